The van der Waals surface area contributed by atoms with Crippen molar-refractivity contribution >= 4 is 50.7 Å². The van der Waals surface area contributed by atoms with E-state index in [2.05, 4.69) is 31.3 Å². The van der Waals surface area contributed by atoms with Gasteiger partial charge in [0, 0.05) is 15.7 Å². The van der Waals surface area contributed by atoms with Gasteiger partial charge in [-0.3, -0.25) is 4.79 Å². The number of rotatable bonds is 4. The van der Waals surface area contributed by atoms with Gasteiger partial charge in [-0.1, -0.05) is 69.5 Å². The highest BCUT2D eigenvalue weighted by atomic mass is 79.9. The van der Waals surface area contributed by atoms with Gasteiger partial charge in [-0.15, -0.1) is 5.10 Å². The van der Waals surface area contributed by atoms with Crippen LogP contribution in [0.4, 0.5) is 5.69 Å². The molecule has 0 aliphatic carbocycles. The smallest absolute Gasteiger partial charge is 0.295 e. The predicted molar refractivity (Wildman–Crippen MR) is 119 cm³/mol. The number of benzene rings is 3. The van der Waals surface area contributed by atoms with Crippen LogP contribution >= 0.6 is 39.1 Å². The number of carbonyl (C=O) groups excluding carboxylic acids is 1. The van der Waals surface area contributed by atoms with Gasteiger partial charge < -0.3 is 5.32 Å². The summed E-state index contributed by atoms with van der Waals surface area (Å²) in [5, 5.41) is 8.05. The van der Waals surface area contributed by atoms with E-state index in [4.69, 9.17) is 23.2 Å². The number of hydrogen-bond donors (Lipinski definition) is 1. The molecule has 0 saturated carbocycles. The Morgan fingerprint density at radius 1 is 0.931 bits per heavy atom. The van der Waals surface area contributed by atoms with Gasteiger partial charge in [-0.2, -0.15) is 0 Å². The lowest BCUT2D eigenvalue weighted by Crippen LogP contribution is -2.14. The molecule has 0 aliphatic rings. The second-order valence-corrected chi connectivity index (χ2v) is 7.83. The summed E-state index contributed by atoms with van der Waals surface area (Å²) in [6.07, 6.45) is 0. The third-order valence-corrected chi connectivity index (χ3v) is 5.36. The number of carbonyl (C=O) groups is 1. The van der Waals surface area contributed by atoms with Crippen LogP contribution in [0, 0.1) is 0 Å². The summed E-state index contributed by atoms with van der Waals surface area (Å²) in [4.78, 5) is 17.2. The molecule has 1 heterocycles. The molecule has 0 atom stereocenters. The van der Waals surface area contributed by atoms with Crippen LogP contribution in [0.3, 0.4) is 0 Å². The van der Waals surface area contributed by atoms with E-state index in [-0.39, 0.29) is 5.82 Å². The van der Waals surface area contributed by atoms with E-state index in [1.54, 1.807) is 35.0 Å². The van der Waals surface area contributed by atoms with E-state index in [1.165, 1.54) is 0 Å². The summed E-state index contributed by atoms with van der Waals surface area (Å²) >= 11 is 15.6. The number of anilines is 1. The highest BCUT2D eigenvalue weighted by Crippen LogP contribution is 2.27. The van der Waals surface area contributed by atoms with Crippen LogP contribution in [0.5, 0.6) is 0 Å². The minimum atomic E-state index is -0.414. The molecule has 0 aliphatic heterocycles. The standard InChI is InChI=1S/C21H13BrCl2N4O/c22-14-6-8-15(9-7-14)25-21(29)19-26-20(13-4-2-1-3-5-13)28(27-19)16-10-11-17(23)18(24)12-16/h1-12H,(H,25,29). The van der Waals surface area contributed by atoms with Crippen molar-refractivity contribution in [2.24, 2.45) is 0 Å². The number of aromatic nitrogens is 3. The Balaban J connectivity index is 1.75. The Morgan fingerprint density at radius 3 is 2.34 bits per heavy atom. The highest BCUT2D eigenvalue weighted by molar-refractivity contribution is 9.10. The molecule has 0 bridgehead atoms. The van der Waals surface area contributed by atoms with Crippen LogP contribution in [-0.2, 0) is 0 Å². The van der Waals surface area contributed by atoms with Gasteiger partial charge >= 0.3 is 0 Å². The first kappa shape index (κ1) is 19.6. The lowest BCUT2D eigenvalue weighted by Gasteiger charge is -2.07. The summed E-state index contributed by atoms with van der Waals surface area (Å²) in [5.41, 5.74) is 2.10. The average Bonchev–Trinajstić information content (AvgIpc) is 3.18. The summed E-state index contributed by atoms with van der Waals surface area (Å²) in [5.74, 6) is 0.145. The van der Waals surface area contributed by atoms with Crippen LogP contribution in [-0.4, -0.2) is 20.7 Å². The highest BCUT2D eigenvalue weighted by Gasteiger charge is 2.19. The van der Waals surface area contributed by atoms with Crippen molar-refractivity contribution in [2.75, 3.05) is 5.32 Å². The lowest BCUT2D eigenvalue weighted by molar-refractivity contribution is 0.101. The summed E-state index contributed by atoms with van der Waals surface area (Å²) in [7, 11) is 0. The molecule has 1 N–H and O–H groups in total. The van der Waals surface area contributed by atoms with Crippen molar-refractivity contribution in [3.8, 4) is 17.1 Å². The fraction of sp³-hybridized carbons (Fsp3) is 0. The van der Waals surface area contributed by atoms with E-state index >= 15 is 0 Å². The first-order valence-corrected chi connectivity index (χ1v) is 10.1. The molecule has 3 aromatic carbocycles. The van der Waals surface area contributed by atoms with Gasteiger partial charge in [-0.25, -0.2) is 9.67 Å². The maximum absolute atomic E-state index is 12.7. The molecular formula is C21H13BrCl2N4O. The van der Waals surface area contributed by atoms with Crippen LogP contribution in [0.25, 0.3) is 17.1 Å². The summed E-state index contributed by atoms with van der Waals surface area (Å²) in [6.45, 7) is 0. The van der Waals surface area contributed by atoms with Crippen LogP contribution < -0.4 is 5.32 Å². The third-order valence-electron chi connectivity index (χ3n) is 4.09. The Morgan fingerprint density at radius 2 is 1.66 bits per heavy atom. The second-order valence-electron chi connectivity index (χ2n) is 6.10. The molecule has 4 rings (SSSR count). The maximum Gasteiger partial charge on any atom is 0.295 e. The van der Waals surface area contributed by atoms with Gasteiger partial charge in [0.05, 0.1) is 15.7 Å². The normalized spacial score (nSPS) is 10.7. The zero-order valence-electron chi connectivity index (χ0n) is 14.8. The Kier molecular flexibility index (Phi) is 5.67. The van der Waals surface area contributed by atoms with Crippen molar-refractivity contribution in [1.82, 2.24) is 14.8 Å². The third kappa shape index (κ3) is 4.34. The van der Waals surface area contributed by atoms with Crippen LogP contribution in [0.2, 0.25) is 10.0 Å². The number of hydrogen-bond acceptors (Lipinski definition) is 3. The number of halogens is 3. The number of amides is 1. The summed E-state index contributed by atoms with van der Waals surface area (Å²) < 4.78 is 2.50. The Labute approximate surface area is 185 Å². The van der Waals surface area contributed by atoms with Crippen molar-refractivity contribution in [3.63, 3.8) is 0 Å². The molecule has 1 aromatic heterocycles. The van der Waals surface area contributed by atoms with Crippen LogP contribution in [0.1, 0.15) is 10.6 Å². The SMILES string of the molecule is O=C(Nc1ccc(Br)cc1)c1nc(-c2ccccc2)n(-c2ccc(Cl)c(Cl)c2)n1. The number of nitrogens with zero attached hydrogens (tertiary/aromatic N) is 3. The molecule has 8 heteroatoms. The monoisotopic (exact) mass is 486 g/mol. The molecule has 1 amide bonds. The fourth-order valence-corrected chi connectivity index (χ4v) is 3.26. The predicted octanol–water partition coefficient (Wildman–Crippen LogP) is 6.26. The van der Waals surface area contributed by atoms with Gasteiger partial charge in [0.25, 0.3) is 5.91 Å². The topological polar surface area (TPSA) is 59.8 Å². The molecule has 0 unspecified atom stereocenters. The minimum Gasteiger partial charge on any atom is -0.319 e. The number of nitrogens with one attached hydrogen (secondary N) is 1. The van der Waals surface area contributed by atoms with E-state index in [0.29, 0.717) is 27.2 Å². The lowest BCUT2D eigenvalue weighted by atomic mass is 10.2. The summed E-state index contributed by atoms with van der Waals surface area (Å²) in [6, 6.07) is 21.9. The van der Waals surface area contributed by atoms with E-state index < -0.39 is 5.91 Å². The van der Waals surface area contributed by atoms with Gasteiger partial charge in [0.15, 0.2) is 5.82 Å². The van der Waals surface area contributed by atoms with Gasteiger partial charge in [0.2, 0.25) is 5.82 Å². The zero-order chi connectivity index (χ0) is 20.4. The van der Waals surface area contributed by atoms with E-state index in [0.717, 1.165) is 10.0 Å². The molecule has 4 aromatic rings. The molecule has 144 valence electrons. The molecular weight excluding hydrogens is 475 g/mol. The minimum absolute atomic E-state index is 0.0397. The Bertz CT molecular complexity index is 1180. The molecule has 29 heavy (non-hydrogen) atoms. The molecule has 5 nitrogen and oxygen atoms in total. The van der Waals surface area contributed by atoms with Gasteiger partial charge in [-0.05, 0) is 42.5 Å². The van der Waals surface area contributed by atoms with Gasteiger partial charge in [0.1, 0.15) is 0 Å². The van der Waals surface area contributed by atoms with Crippen molar-refractivity contribution in [2.45, 2.75) is 0 Å². The molecule has 0 saturated heterocycles. The zero-order valence-corrected chi connectivity index (χ0v) is 17.9. The van der Waals surface area contributed by atoms with E-state index in [1.807, 2.05) is 42.5 Å². The first-order chi connectivity index (χ1) is 14.0. The van der Waals surface area contributed by atoms with Crippen molar-refractivity contribution < 1.29 is 4.79 Å². The van der Waals surface area contributed by atoms with Crippen LogP contribution in [0.15, 0.2) is 77.3 Å². The fourth-order valence-electron chi connectivity index (χ4n) is 2.70. The maximum atomic E-state index is 12.7. The quantitative estimate of drug-likeness (QED) is 0.369. The van der Waals surface area contributed by atoms with Crippen molar-refractivity contribution in [3.05, 3.63) is 93.1 Å². The second kappa shape index (κ2) is 8.37. The molecule has 0 fully saturated rings. The largest absolute Gasteiger partial charge is 0.319 e. The Hall–Kier alpha value is -2.67. The molecule has 0 spiro atoms. The first-order valence-electron chi connectivity index (χ1n) is 8.56. The van der Waals surface area contributed by atoms with Crippen molar-refractivity contribution in [1.29, 1.82) is 0 Å². The van der Waals surface area contributed by atoms with E-state index in [9.17, 15) is 4.79 Å². The molecule has 0 radical (unpaired) electrons. The average molecular weight is 488 g/mol.